The maximum Gasteiger partial charge on any atom is 0.303 e. The summed E-state index contributed by atoms with van der Waals surface area (Å²) in [5, 5.41) is 8.77. The van der Waals surface area contributed by atoms with Gasteiger partial charge in [0.25, 0.3) is 0 Å². The van der Waals surface area contributed by atoms with Crippen LogP contribution in [-0.4, -0.2) is 26.4 Å². The zero-order chi connectivity index (χ0) is 15.6. The van der Waals surface area contributed by atoms with E-state index in [4.69, 9.17) is 5.11 Å². The van der Waals surface area contributed by atoms with Gasteiger partial charge >= 0.3 is 5.97 Å². The van der Waals surface area contributed by atoms with Gasteiger partial charge in [0.15, 0.2) is 5.78 Å². The van der Waals surface area contributed by atoms with Gasteiger partial charge in [0, 0.05) is 24.4 Å². The molecule has 5 heteroatoms. The van der Waals surface area contributed by atoms with Crippen LogP contribution >= 0.6 is 0 Å². The second kappa shape index (κ2) is 6.08. The molecule has 2 aromatic rings. The maximum atomic E-state index is 11.5. The lowest BCUT2D eigenvalue weighted by Gasteiger charge is -2.10. The minimum atomic E-state index is -0.788. The summed E-state index contributed by atoms with van der Waals surface area (Å²) in [5.41, 5.74) is 2.39. The molecule has 2 rings (SSSR count). The Morgan fingerprint density at radius 3 is 2.62 bits per heavy atom. The van der Waals surface area contributed by atoms with Crippen molar-refractivity contribution in [1.82, 2.24) is 9.55 Å². The first-order valence-corrected chi connectivity index (χ1v) is 7.13. The number of ketones is 1. The first kappa shape index (κ1) is 15.2. The van der Waals surface area contributed by atoms with Crippen molar-refractivity contribution in [3.05, 3.63) is 29.6 Å². The highest BCUT2D eigenvalue weighted by Gasteiger charge is 2.15. The molecule has 0 aliphatic rings. The minimum Gasteiger partial charge on any atom is -0.481 e. The van der Waals surface area contributed by atoms with E-state index < -0.39 is 5.97 Å². The lowest BCUT2D eigenvalue weighted by Crippen LogP contribution is -2.07. The van der Waals surface area contributed by atoms with Gasteiger partial charge in [0.05, 0.1) is 11.0 Å². The smallest absolute Gasteiger partial charge is 0.303 e. The van der Waals surface area contributed by atoms with Crippen LogP contribution in [-0.2, 0) is 11.3 Å². The lowest BCUT2D eigenvalue weighted by molar-refractivity contribution is -0.137. The van der Waals surface area contributed by atoms with E-state index in [-0.39, 0.29) is 18.1 Å². The van der Waals surface area contributed by atoms with Crippen molar-refractivity contribution in [3.63, 3.8) is 0 Å². The Morgan fingerprint density at radius 1 is 1.33 bits per heavy atom. The Hall–Kier alpha value is -2.17. The number of hydrogen-bond acceptors (Lipinski definition) is 3. The summed E-state index contributed by atoms with van der Waals surface area (Å²) in [6.45, 7) is 6.27. The number of fused-ring (bicyclic) bond motifs is 1. The maximum absolute atomic E-state index is 11.5. The van der Waals surface area contributed by atoms with Crippen molar-refractivity contribution in [2.24, 2.45) is 0 Å². The molecule has 0 aliphatic carbocycles. The summed E-state index contributed by atoms with van der Waals surface area (Å²) in [7, 11) is 0. The normalized spacial score (nSPS) is 11.2. The molecule has 21 heavy (non-hydrogen) atoms. The van der Waals surface area contributed by atoms with Crippen LogP contribution in [0.5, 0.6) is 0 Å². The first-order chi connectivity index (χ1) is 9.90. The molecule has 0 unspecified atom stereocenters. The molecule has 0 saturated heterocycles. The number of rotatable bonds is 6. The highest BCUT2D eigenvalue weighted by molar-refractivity contribution is 5.97. The van der Waals surface area contributed by atoms with E-state index in [0.29, 0.717) is 18.5 Å². The Labute approximate surface area is 123 Å². The number of aromatic nitrogens is 2. The summed E-state index contributed by atoms with van der Waals surface area (Å²) in [5.74, 6) is 0.395. The van der Waals surface area contributed by atoms with Crippen molar-refractivity contribution in [2.45, 2.75) is 46.1 Å². The minimum absolute atomic E-state index is 0.0171. The van der Waals surface area contributed by atoms with E-state index in [9.17, 15) is 9.59 Å². The van der Waals surface area contributed by atoms with Gasteiger partial charge in [-0.2, -0.15) is 0 Å². The molecule has 5 nitrogen and oxygen atoms in total. The Balaban J connectivity index is 2.42. The summed E-state index contributed by atoms with van der Waals surface area (Å²) >= 11 is 0. The van der Waals surface area contributed by atoms with Crippen molar-refractivity contribution in [3.8, 4) is 0 Å². The molecule has 1 N–H and O–H groups in total. The number of carbonyl (C=O) groups excluding carboxylic acids is 1. The monoisotopic (exact) mass is 288 g/mol. The van der Waals surface area contributed by atoms with Crippen molar-refractivity contribution < 1.29 is 14.7 Å². The number of benzene rings is 1. The zero-order valence-electron chi connectivity index (χ0n) is 12.6. The van der Waals surface area contributed by atoms with E-state index in [0.717, 1.165) is 16.9 Å². The first-order valence-electron chi connectivity index (χ1n) is 7.13. The Morgan fingerprint density at radius 2 is 2.05 bits per heavy atom. The number of Topliss-reactive ketones (excluding diaryl/α,β-unsaturated/α-hetero) is 1. The average molecular weight is 288 g/mol. The molecule has 0 aliphatic heterocycles. The van der Waals surface area contributed by atoms with Crippen LogP contribution in [0, 0.1) is 0 Å². The quantitative estimate of drug-likeness (QED) is 0.828. The van der Waals surface area contributed by atoms with Crippen LogP contribution in [0.15, 0.2) is 18.2 Å². The number of aryl methyl sites for hydroxylation is 1. The summed E-state index contributed by atoms with van der Waals surface area (Å²) in [4.78, 5) is 26.7. The molecule has 0 amide bonds. The van der Waals surface area contributed by atoms with E-state index in [2.05, 4.69) is 23.4 Å². The van der Waals surface area contributed by atoms with Crippen molar-refractivity contribution in [1.29, 1.82) is 0 Å². The highest BCUT2D eigenvalue weighted by atomic mass is 16.4. The van der Waals surface area contributed by atoms with Gasteiger partial charge in [-0.15, -0.1) is 0 Å². The van der Waals surface area contributed by atoms with Crippen LogP contribution in [0.2, 0.25) is 0 Å². The third-order valence-corrected chi connectivity index (χ3v) is 3.47. The molecular weight excluding hydrogens is 268 g/mol. The van der Waals surface area contributed by atoms with E-state index in [1.165, 1.54) is 6.92 Å². The fourth-order valence-corrected chi connectivity index (χ4v) is 2.43. The molecule has 0 spiro atoms. The van der Waals surface area contributed by atoms with Gasteiger partial charge in [-0.25, -0.2) is 4.98 Å². The molecule has 1 heterocycles. The predicted molar refractivity (Wildman–Crippen MR) is 80.7 cm³/mol. The van der Waals surface area contributed by atoms with Crippen LogP contribution < -0.4 is 0 Å². The fourth-order valence-electron chi connectivity index (χ4n) is 2.43. The largest absolute Gasteiger partial charge is 0.481 e. The summed E-state index contributed by atoms with van der Waals surface area (Å²) in [6.07, 6.45) is 0.706. The van der Waals surface area contributed by atoms with E-state index in [1.54, 1.807) is 12.1 Å². The van der Waals surface area contributed by atoms with Crippen LogP contribution in [0.4, 0.5) is 0 Å². The second-order valence-electron chi connectivity index (χ2n) is 5.53. The topological polar surface area (TPSA) is 72.2 Å². The molecule has 0 atom stereocenters. The molecular formula is C16H20N2O3. The highest BCUT2D eigenvalue weighted by Crippen LogP contribution is 2.23. The van der Waals surface area contributed by atoms with Gasteiger partial charge in [-0.3, -0.25) is 9.59 Å². The SMILES string of the molecule is CC(=O)c1ccc2c(c1)nc(C(C)C)n2CCCC(=O)O. The molecule has 1 aromatic carbocycles. The number of aliphatic carboxylic acids is 1. The average Bonchev–Trinajstić information content (AvgIpc) is 2.76. The van der Waals surface area contributed by atoms with Crippen molar-refractivity contribution in [2.75, 3.05) is 0 Å². The third-order valence-electron chi connectivity index (χ3n) is 3.47. The van der Waals surface area contributed by atoms with Crippen molar-refractivity contribution >= 4 is 22.8 Å². The number of carbonyl (C=O) groups is 2. The number of hydrogen-bond donors (Lipinski definition) is 1. The molecule has 1 aromatic heterocycles. The molecule has 0 radical (unpaired) electrons. The molecule has 0 bridgehead atoms. The molecule has 0 saturated carbocycles. The Bertz CT molecular complexity index is 686. The second-order valence-corrected chi connectivity index (χ2v) is 5.53. The van der Waals surface area contributed by atoms with Gasteiger partial charge in [-0.1, -0.05) is 13.8 Å². The van der Waals surface area contributed by atoms with E-state index in [1.807, 2.05) is 6.07 Å². The number of carboxylic acid groups (broad SMARTS) is 1. The Kier molecular flexibility index (Phi) is 4.40. The van der Waals surface area contributed by atoms with Gasteiger partial charge in [0.1, 0.15) is 5.82 Å². The zero-order valence-corrected chi connectivity index (χ0v) is 12.6. The van der Waals surface area contributed by atoms with Crippen LogP contribution in [0.25, 0.3) is 11.0 Å². The fraction of sp³-hybridized carbons (Fsp3) is 0.438. The number of nitrogens with zero attached hydrogens (tertiary/aromatic N) is 2. The predicted octanol–water partition coefficient (Wildman–Crippen LogP) is 3.23. The van der Waals surface area contributed by atoms with E-state index >= 15 is 0 Å². The van der Waals surface area contributed by atoms with Crippen LogP contribution in [0.3, 0.4) is 0 Å². The summed E-state index contributed by atoms with van der Waals surface area (Å²) < 4.78 is 2.06. The summed E-state index contributed by atoms with van der Waals surface area (Å²) in [6, 6.07) is 5.49. The molecule has 112 valence electrons. The number of imidazole rings is 1. The number of carboxylic acids is 1. The van der Waals surface area contributed by atoms with Gasteiger partial charge in [0.2, 0.25) is 0 Å². The lowest BCUT2D eigenvalue weighted by atomic mass is 10.1. The molecule has 0 fully saturated rings. The van der Waals surface area contributed by atoms with Gasteiger partial charge in [-0.05, 0) is 31.5 Å². The standard InChI is InChI=1S/C16H20N2O3/c1-10(2)16-17-13-9-12(11(3)19)6-7-14(13)18(16)8-4-5-15(20)21/h6-7,9-10H,4-5,8H2,1-3H3,(H,20,21). The van der Waals surface area contributed by atoms with Gasteiger partial charge < -0.3 is 9.67 Å². The third kappa shape index (κ3) is 3.29. The van der Waals surface area contributed by atoms with Crippen LogP contribution in [0.1, 0.15) is 55.7 Å².